The third-order valence-electron chi connectivity index (χ3n) is 4.41. The van der Waals surface area contributed by atoms with E-state index in [0.29, 0.717) is 10.9 Å². The van der Waals surface area contributed by atoms with E-state index < -0.39 is 0 Å². The molecule has 3 rings (SSSR count). The maximum absolute atomic E-state index is 6.11. The molecule has 0 aliphatic carbocycles. The molecule has 136 valence electrons. The molecule has 3 nitrogen and oxygen atoms in total. The molecule has 2 aromatic carbocycles. The van der Waals surface area contributed by atoms with E-state index in [9.17, 15) is 0 Å². The first-order valence-electron chi connectivity index (χ1n) is 8.73. The molecule has 0 N–H and O–H groups in total. The van der Waals surface area contributed by atoms with Gasteiger partial charge in [-0.25, -0.2) is 4.99 Å². The Morgan fingerprint density at radius 2 is 1.96 bits per heavy atom. The van der Waals surface area contributed by atoms with Crippen molar-refractivity contribution < 1.29 is 4.74 Å². The van der Waals surface area contributed by atoms with Crippen LogP contribution in [-0.2, 0) is 6.54 Å². The number of rotatable bonds is 6. The van der Waals surface area contributed by atoms with Crippen molar-refractivity contribution in [2.45, 2.75) is 26.8 Å². The van der Waals surface area contributed by atoms with Crippen molar-refractivity contribution in [2.24, 2.45) is 10.9 Å². The van der Waals surface area contributed by atoms with Crippen molar-refractivity contribution in [3.8, 4) is 17.0 Å². The topological polar surface area (TPSA) is 26.5 Å². The molecular formula is C21H23ClN2OS. The Bertz CT molecular complexity index is 928. The Labute approximate surface area is 163 Å². The molecule has 0 fully saturated rings. The molecule has 1 unspecified atom stereocenters. The highest BCUT2D eigenvalue weighted by Gasteiger charge is 2.11. The molecule has 26 heavy (non-hydrogen) atoms. The molecule has 1 heterocycles. The lowest BCUT2D eigenvalue weighted by Gasteiger charge is -2.14. The van der Waals surface area contributed by atoms with Crippen LogP contribution in [0, 0.1) is 5.92 Å². The molecule has 0 aliphatic heterocycles. The van der Waals surface area contributed by atoms with Crippen LogP contribution >= 0.6 is 22.9 Å². The van der Waals surface area contributed by atoms with Gasteiger partial charge in [-0.2, -0.15) is 0 Å². The Kier molecular flexibility index (Phi) is 6.17. The zero-order valence-corrected chi connectivity index (χ0v) is 16.8. The monoisotopic (exact) mass is 386 g/mol. The van der Waals surface area contributed by atoms with Gasteiger partial charge in [0.1, 0.15) is 5.75 Å². The van der Waals surface area contributed by atoms with E-state index in [-0.39, 0.29) is 0 Å². The largest absolute Gasteiger partial charge is 0.497 e. The molecule has 5 heteroatoms. The quantitative estimate of drug-likeness (QED) is 0.498. The first kappa shape index (κ1) is 18.7. The Hall–Kier alpha value is -2.04. The second-order valence-corrected chi connectivity index (χ2v) is 7.62. The highest BCUT2D eigenvalue weighted by atomic mass is 35.5. The lowest BCUT2D eigenvalue weighted by molar-refractivity contribution is 0.415. The number of nitrogens with zero attached hydrogens (tertiary/aromatic N) is 2. The number of benzene rings is 2. The third-order valence-corrected chi connectivity index (χ3v) is 5.51. The van der Waals surface area contributed by atoms with Gasteiger partial charge in [0.25, 0.3) is 0 Å². The smallest absolute Gasteiger partial charge is 0.190 e. The van der Waals surface area contributed by atoms with Gasteiger partial charge >= 0.3 is 0 Å². The van der Waals surface area contributed by atoms with Gasteiger partial charge in [-0.1, -0.05) is 37.9 Å². The van der Waals surface area contributed by atoms with E-state index in [1.807, 2.05) is 36.4 Å². The Morgan fingerprint density at radius 3 is 2.62 bits per heavy atom. The van der Waals surface area contributed by atoms with E-state index in [1.165, 1.54) is 5.69 Å². The van der Waals surface area contributed by atoms with Crippen molar-refractivity contribution in [2.75, 3.05) is 7.11 Å². The summed E-state index contributed by atoms with van der Waals surface area (Å²) in [5.74, 6) is 1.43. The molecule has 0 saturated heterocycles. The van der Waals surface area contributed by atoms with Gasteiger partial charge in [-0.15, -0.1) is 11.3 Å². The molecule has 0 amide bonds. The van der Waals surface area contributed by atoms with Crippen LogP contribution in [0.25, 0.3) is 11.3 Å². The van der Waals surface area contributed by atoms with Crippen molar-refractivity contribution in [3.05, 3.63) is 63.7 Å². The lowest BCUT2D eigenvalue weighted by Crippen LogP contribution is -2.19. The second kappa shape index (κ2) is 8.56. The summed E-state index contributed by atoms with van der Waals surface area (Å²) >= 11 is 7.77. The van der Waals surface area contributed by atoms with Crippen LogP contribution in [0.5, 0.6) is 5.75 Å². The number of hydrogen-bond donors (Lipinski definition) is 0. The normalized spacial score (nSPS) is 13.0. The average Bonchev–Trinajstić information content (AvgIpc) is 3.04. The molecule has 1 atom stereocenters. The van der Waals surface area contributed by atoms with Gasteiger partial charge in [0.05, 0.1) is 18.5 Å². The number of halogens is 1. The van der Waals surface area contributed by atoms with E-state index in [2.05, 4.69) is 35.9 Å². The fraction of sp³-hybridized carbons (Fsp3) is 0.286. The summed E-state index contributed by atoms with van der Waals surface area (Å²) < 4.78 is 7.58. The van der Waals surface area contributed by atoms with Crippen molar-refractivity contribution in [1.29, 1.82) is 0 Å². The SMILES string of the molecule is CCC(C)Cn1c(-c2ccc(OC)cc2)csc1=Nc1cccc(Cl)c1. The maximum atomic E-state index is 6.11. The summed E-state index contributed by atoms with van der Waals surface area (Å²) in [6.45, 7) is 5.42. The van der Waals surface area contributed by atoms with Crippen LogP contribution in [0.1, 0.15) is 20.3 Å². The Morgan fingerprint density at radius 1 is 1.19 bits per heavy atom. The maximum Gasteiger partial charge on any atom is 0.190 e. The highest BCUT2D eigenvalue weighted by Crippen LogP contribution is 2.25. The fourth-order valence-electron chi connectivity index (χ4n) is 2.68. The molecule has 0 radical (unpaired) electrons. The second-order valence-electron chi connectivity index (χ2n) is 6.35. The van der Waals surface area contributed by atoms with Crippen LogP contribution < -0.4 is 9.54 Å². The zero-order chi connectivity index (χ0) is 18.5. The summed E-state index contributed by atoms with van der Waals surface area (Å²) in [7, 11) is 1.69. The fourth-order valence-corrected chi connectivity index (χ4v) is 3.81. The van der Waals surface area contributed by atoms with Gasteiger partial charge in [0.15, 0.2) is 4.80 Å². The van der Waals surface area contributed by atoms with Gasteiger partial charge in [0, 0.05) is 16.9 Å². The van der Waals surface area contributed by atoms with Gasteiger partial charge in [0.2, 0.25) is 0 Å². The lowest BCUT2D eigenvalue weighted by atomic mass is 10.1. The van der Waals surface area contributed by atoms with E-state index >= 15 is 0 Å². The third kappa shape index (κ3) is 4.37. The first-order chi connectivity index (χ1) is 12.6. The van der Waals surface area contributed by atoms with Crippen LogP contribution in [0.15, 0.2) is 58.9 Å². The van der Waals surface area contributed by atoms with Crippen LogP contribution in [0.2, 0.25) is 5.02 Å². The summed E-state index contributed by atoms with van der Waals surface area (Å²) in [5, 5.41) is 2.87. The van der Waals surface area contributed by atoms with Gasteiger partial charge in [-0.05, 0) is 53.9 Å². The number of ether oxygens (including phenoxy) is 1. The average molecular weight is 387 g/mol. The van der Waals surface area contributed by atoms with E-state index in [1.54, 1.807) is 18.4 Å². The molecule has 1 aromatic heterocycles. The summed E-state index contributed by atoms with van der Waals surface area (Å²) in [6, 6.07) is 15.8. The van der Waals surface area contributed by atoms with E-state index in [4.69, 9.17) is 21.3 Å². The zero-order valence-electron chi connectivity index (χ0n) is 15.3. The molecular weight excluding hydrogens is 364 g/mol. The number of aromatic nitrogens is 1. The predicted octanol–water partition coefficient (Wildman–Crippen LogP) is 6.16. The highest BCUT2D eigenvalue weighted by molar-refractivity contribution is 7.07. The van der Waals surface area contributed by atoms with E-state index in [0.717, 1.165) is 34.8 Å². The summed E-state index contributed by atoms with van der Waals surface area (Å²) in [5.41, 5.74) is 3.22. The molecule has 0 spiro atoms. The summed E-state index contributed by atoms with van der Waals surface area (Å²) in [4.78, 5) is 5.83. The summed E-state index contributed by atoms with van der Waals surface area (Å²) in [6.07, 6.45) is 1.13. The molecule has 0 saturated carbocycles. The minimum atomic E-state index is 0.569. The van der Waals surface area contributed by atoms with Crippen LogP contribution in [0.4, 0.5) is 5.69 Å². The van der Waals surface area contributed by atoms with Gasteiger partial charge < -0.3 is 9.30 Å². The molecule has 0 aliphatic rings. The number of hydrogen-bond acceptors (Lipinski definition) is 3. The van der Waals surface area contributed by atoms with Crippen molar-refractivity contribution in [3.63, 3.8) is 0 Å². The standard InChI is InChI=1S/C21H23ClN2OS/c1-4-15(2)13-24-20(16-8-10-19(25-3)11-9-16)14-26-21(24)23-18-7-5-6-17(22)12-18/h5-12,14-15H,4,13H2,1-3H3. The van der Waals surface area contributed by atoms with Crippen molar-refractivity contribution in [1.82, 2.24) is 4.57 Å². The van der Waals surface area contributed by atoms with Crippen molar-refractivity contribution >= 4 is 28.6 Å². The van der Waals surface area contributed by atoms with Crippen LogP contribution in [0.3, 0.4) is 0 Å². The van der Waals surface area contributed by atoms with Gasteiger partial charge in [-0.3, -0.25) is 0 Å². The minimum absolute atomic E-state index is 0.569. The van der Waals surface area contributed by atoms with Crippen LogP contribution in [-0.4, -0.2) is 11.7 Å². The predicted molar refractivity (Wildman–Crippen MR) is 110 cm³/mol. The molecule has 0 bridgehead atoms. The number of methoxy groups -OCH3 is 1. The molecule has 3 aromatic rings. The Balaban J connectivity index is 2.08. The minimum Gasteiger partial charge on any atom is -0.497 e. The number of thiazole rings is 1. The first-order valence-corrected chi connectivity index (χ1v) is 9.99.